The van der Waals surface area contributed by atoms with E-state index in [1.807, 2.05) is 4.57 Å². The molecule has 34 heteroatoms. The molecule has 384 valence electrons. The SMILES string of the molecule is FC1(F)CCCC(F)(F)n2cnnc21.FC1(F)CCc2nncn2CC1.FC1(F)c2nncn2C(F)(F)C(F)(F)C(F)(F)C1(F)F.FC1CCCC(F)n2cnnc21.FC1CCc2nncn2CC1. The van der Waals surface area contributed by atoms with E-state index in [9.17, 15) is 83.4 Å². The summed E-state index contributed by atoms with van der Waals surface area (Å²) in [6.07, 6.45) is 3.50. The topological polar surface area (TPSA) is 154 Å². The fraction of sp³-hybridized carbons (Fsp3) is 0.714. The van der Waals surface area contributed by atoms with Gasteiger partial charge in [0.05, 0.1) is 0 Å². The Labute approximate surface area is 374 Å². The van der Waals surface area contributed by atoms with Crippen molar-refractivity contribution in [3.8, 4) is 0 Å². The smallest absolute Gasteiger partial charge is 0.317 e. The number of rotatable bonds is 0. The summed E-state index contributed by atoms with van der Waals surface area (Å²) in [6, 6.07) is -9.39. The van der Waals surface area contributed by atoms with Crippen molar-refractivity contribution < 1.29 is 83.4 Å². The summed E-state index contributed by atoms with van der Waals surface area (Å²) in [5, 5.41) is 32.7. The number of fused-ring (bicyclic) bond motifs is 5. The molecule has 0 radical (unpaired) electrons. The number of aryl methyl sites for hydroxylation is 4. The van der Waals surface area contributed by atoms with Crippen LogP contribution in [0, 0.1) is 0 Å². The largest absolute Gasteiger partial charge is 0.401 e. The zero-order valence-corrected chi connectivity index (χ0v) is 34.9. The standard InChI is InChI=1S/C7HF10N3.C7H7F4N3.2C7H9F2N3.C7H10FN3/c8-3(9)2-19-18-1-20(2)7(16,17)6(14,15)5(12,13)4(3,10)11;8-6(9)2-1-3-7(10,11)14-4-12-13-5(6)14;8-7(9)2-1-6-11-10-5-12(6)4-3-7;8-5-2-1-3-6(9)12-4-10-11-7(5)12;8-6-1-2-7-10-9-5-11(7)4-3-6/h1H;4H,1-3H2;5H,1-4H2;4-6H,1-3H2;5-6H,1-4H2. The van der Waals surface area contributed by atoms with E-state index in [4.69, 9.17) is 0 Å². The van der Waals surface area contributed by atoms with Gasteiger partial charge in [-0.1, -0.05) is 0 Å². The molecule has 10 heterocycles. The molecule has 3 atom stereocenters. The van der Waals surface area contributed by atoms with Crippen molar-refractivity contribution in [2.24, 2.45) is 0 Å². The summed E-state index contributed by atoms with van der Waals surface area (Å²) in [5.41, 5.74) is 0. The van der Waals surface area contributed by atoms with E-state index in [1.54, 1.807) is 10.9 Å². The van der Waals surface area contributed by atoms with E-state index in [-0.39, 0.29) is 29.7 Å². The van der Waals surface area contributed by atoms with Crippen LogP contribution in [-0.2, 0) is 49.9 Å². The Kier molecular flexibility index (Phi) is 14.7. The Bertz CT molecular complexity index is 2310. The van der Waals surface area contributed by atoms with E-state index in [2.05, 4.69) is 51.0 Å². The lowest BCUT2D eigenvalue weighted by Crippen LogP contribution is -2.63. The molecule has 0 spiro atoms. The molecule has 3 unspecified atom stereocenters. The van der Waals surface area contributed by atoms with Crippen molar-refractivity contribution in [2.45, 2.75) is 156 Å². The van der Waals surface area contributed by atoms with Gasteiger partial charge in [0.1, 0.15) is 49.5 Å². The summed E-state index contributed by atoms with van der Waals surface area (Å²) in [5.74, 6) is -34.5. The lowest BCUT2D eigenvalue weighted by molar-refractivity contribution is -0.407. The minimum atomic E-state index is -7.03. The van der Waals surface area contributed by atoms with Crippen molar-refractivity contribution in [1.82, 2.24) is 73.8 Å². The second kappa shape index (κ2) is 19.3. The average molecular weight is 1030 g/mol. The van der Waals surface area contributed by atoms with Gasteiger partial charge < -0.3 is 9.13 Å². The third-order valence-electron chi connectivity index (χ3n) is 11.2. The van der Waals surface area contributed by atoms with Gasteiger partial charge in [0, 0.05) is 51.6 Å². The monoisotopic (exact) mass is 1030 g/mol. The molecule has 0 aliphatic carbocycles. The van der Waals surface area contributed by atoms with Gasteiger partial charge in [-0.3, -0.25) is 9.13 Å². The van der Waals surface area contributed by atoms with E-state index < -0.39 is 102 Å². The molecule has 5 aliphatic heterocycles. The number of aromatic nitrogens is 15. The Morgan fingerprint density at radius 1 is 0.478 bits per heavy atom. The molecule has 0 N–H and O–H groups in total. The second-order valence-electron chi connectivity index (χ2n) is 16.0. The van der Waals surface area contributed by atoms with E-state index in [0.717, 1.165) is 18.8 Å². The zero-order valence-electron chi connectivity index (χ0n) is 34.9. The van der Waals surface area contributed by atoms with Crippen molar-refractivity contribution in [2.75, 3.05) is 0 Å². The molecule has 5 aliphatic rings. The Morgan fingerprint density at radius 2 is 1.06 bits per heavy atom. The van der Waals surface area contributed by atoms with Crippen LogP contribution in [0.4, 0.5) is 83.4 Å². The summed E-state index contributed by atoms with van der Waals surface area (Å²) < 4.78 is 252. The first kappa shape index (κ1) is 52.7. The van der Waals surface area contributed by atoms with Crippen molar-refractivity contribution in [3.05, 3.63) is 60.8 Å². The van der Waals surface area contributed by atoms with Crippen LogP contribution in [0.1, 0.15) is 106 Å². The van der Waals surface area contributed by atoms with Gasteiger partial charge in [-0.25, -0.2) is 26.5 Å². The van der Waals surface area contributed by atoms with Crippen LogP contribution in [0.5, 0.6) is 0 Å². The highest BCUT2D eigenvalue weighted by Gasteiger charge is 2.90. The van der Waals surface area contributed by atoms with Gasteiger partial charge >= 0.3 is 41.7 Å². The Morgan fingerprint density at radius 3 is 1.72 bits per heavy atom. The maximum Gasteiger partial charge on any atom is 0.401 e. The maximum atomic E-state index is 13.2. The summed E-state index contributed by atoms with van der Waals surface area (Å²) in [4.78, 5) is 0. The highest BCUT2D eigenvalue weighted by Crippen LogP contribution is 2.63. The van der Waals surface area contributed by atoms with Crippen LogP contribution in [0.25, 0.3) is 0 Å². The van der Waals surface area contributed by atoms with Crippen LogP contribution in [0.2, 0.25) is 0 Å². The highest BCUT2D eigenvalue weighted by atomic mass is 19.4. The van der Waals surface area contributed by atoms with Gasteiger partial charge in [-0.15, -0.1) is 51.0 Å². The predicted octanol–water partition coefficient (Wildman–Crippen LogP) is 9.08. The number of hydrogen-bond acceptors (Lipinski definition) is 10. The van der Waals surface area contributed by atoms with Gasteiger partial charge in [0.25, 0.3) is 0 Å². The molecule has 0 saturated heterocycles. The highest BCUT2D eigenvalue weighted by molar-refractivity contribution is 5.18. The molecule has 10 rings (SSSR count). The molecule has 0 aromatic carbocycles. The van der Waals surface area contributed by atoms with Crippen LogP contribution < -0.4 is 0 Å². The number of alkyl halides is 19. The molecule has 5 aromatic heterocycles. The number of halogens is 19. The van der Waals surface area contributed by atoms with Crippen molar-refractivity contribution >= 4 is 0 Å². The van der Waals surface area contributed by atoms with Gasteiger partial charge in [-0.2, -0.15) is 61.5 Å². The van der Waals surface area contributed by atoms with E-state index in [0.29, 0.717) is 57.2 Å². The fourth-order valence-corrected chi connectivity index (χ4v) is 7.17. The Balaban J connectivity index is 0.000000144. The predicted molar refractivity (Wildman–Crippen MR) is 191 cm³/mol. The first-order valence-electron chi connectivity index (χ1n) is 20.4. The third kappa shape index (κ3) is 10.3. The van der Waals surface area contributed by atoms with Crippen LogP contribution >= 0.6 is 0 Å². The maximum absolute atomic E-state index is 13.2. The Hall–Kier alpha value is -5.63. The molecular weight excluding hydrogens is 991 g/mol. The minimum Gasteiger partial charge on any atom is -0.317 e. The second-order valence-corrected chi connectivity index (χ2v) is 16.0. The minimum absolute atomic E-state index is 0.0992. The average Bonchev–Trinajstić information content (AvgIpc) is 4.12. The molecular formula is C35H36F19N15. The van der Waals surface area contributed by atoms with Gasteiger partial charge in [0.2, 0.25) is 17.6 Å². The number of nitrogens with zero attached hydrogens (tertiary/aromatic N) is 15. The summed E-state index contributed by atoms with van der Waals surface area (Å²) in [6.45, 7) is 1.05. The summed E-state index contributed by atoms with van der Waals surface area (Å²) >= 11 is 0. The summed E-state index contributed by atoms with van der Waals surface area (Å²) in [7, 11) is 0. The van der Waals surface area contributed by atoms with Crippen molar-refractivity contribution in [3.63, 3.8) is 0 Å². The van der Waals surface area contributed by atoms with Crippen LogP contribution in [0.15, 0.2) is 31.6 Å². The molecule has 69 heavy (non-hydrogen) atoms. The first-order valence-corrected chi connectivity index (χ1v) is 20.4. The quantitative estimate of drug-likeness (QED) is 0.137. The van der Waals surface area contributed by atoms with Crippen molar-refractivity contribution in [1.29, 1.82) is 0 Å². The van der Waals surface area contributed by atoms with Gasteiger partial charge in [0.15, 0.2) is 18.3 Å². The fourth-order valence-electron chi connectivity index (χ4n) is 7.17. The molecule has 0 saturated carbocycles. The van der Waals surface area contributed by atoms with E-state index >= 15 is 0 Å². The van der Waals surface area contributed by atoms with E-state index in [1.165, 1.54) is 17.2 Å². The normalized spacial score (nSPS) is 25.9. The lowest BCUT2D eigenvalue weighted by Gasteiger charge is -2.34. The molecule has 15 nitrogen and oxygen atoms in total. The molecule has 5 aromatic rings. The molecule has 0 fully saturated rings. The number of hydrogen-bond donors (Lipinski definition) is 0. The van der Waals surface area contributed by atoms with Crippen LogP contribution in [-0.4, -0.2) is 104 Å². The molecule has 0 bridgehead atoms. The third-order valence-corrected chi connectivity index (χ3v) is 11.2. The molecule has 0 amide bonds. The zero-order chi connectivity index (χ0) is 51.0. The van der Waals surface area contributed by atoms with Crippen LogP contribution in [0.3, 0.4) is 0 Å². The first-order chi connectivity index (χ1) is 32.0. The van der Waals surface area contributed by atoms with Gasteiger partial charge in [-0.05, 0) is 38.5 Å². The lowest BCUT2D eigenvalue weighted by atomic mass is 9.99.